The minimum Gasteiger partial charge on any atom is -0.299 e. The van der Waals surface area contributed by atoms with Crippen molar-refractivity contribution in [2.45, 2.75) is 39.2 Å². The summed E-state index contributed by atoms with van der Waals surface area (Å²) >= 11 is 0. The van der Waals surface area contributed by atoms with Crippen molar-refractivity contribution in [2.75, 3.05) is 0 Å². The van der Waals surface area contributed by atoms with E-state index >= 15 is 0 Å². The van der Waals surface area contributed by atoms with Crippen molar-refractivity contribution in [3.05, 3.63) is 18.0 Å². The summed E-state index contributed by atoms with van der Waals surface area (Å²) in [5.74, 6) is 0.992. The lowest BCUT2D eigenvalue weighted by molar-refractivity contribution is -0.120. The van der Waals surface area contributed by atoms with Crippen LogP contribution in [0.2, 0.25) is 0 Å². The van der Waals surface area contributed by atoms with Crippen LogP contribution in [0.25, 0.3) is 0 Å². The Morgan fingerprint density at radius 1 is 1.64 bits per heavy atom. The first-order chi connectivity index (χ1) is 6.72. The zero-order chi connectivity index (χ0) is 10.1. The quantitative estimate of drug-likeness (QED) is 0.718. The molecule has 0 N–H and O–H groups in total. The number of nitrogens with zero attached hydrogens (tertiary/aromatic N) is 2. The normalized spacial score (nSPS) is 27.1. The van der Waals surface area contributed by atoms with Crippen LogP contribution in [0.5, 0.6) is 0 Å². The molecule has 0 radical (unpaired) electrons. The summed E-state index contributed by atoms with van der Waals surface area (Å²) in [7, 11) is 0. The third-order valence-electron chi connectivity index (χ3n) is 3.22. The highest BCUT2D eigenvalue weighted by molar-refractivity contribution is 5.84. The number of aromatic nitrogens is 2. The second kappa shape index (κ2) is 3.56. The van der Waals surface area contributed by atoms with Gasteiger partial charge in [0, 0.05) is 25.1 Å². The van der Waals surface area contributed by atoms with Crippen LogP contribution >= 0.6 is 0 Å². The number of hydrogen-bond donors (Lipinski definition) is 0. The van der Waals surface area contributed by atoms with Gasteiger partial charge in [0.1, 0.15) is 5.78 Å². The van der Waals surface area contributed by atoms with Crippen LogP contribution in [0.15, 0.2) is 12.4 Å². The summed E-state index contributed by atoms with van der Waals surface area (Å²) in [5, 5.41) is 4.24. The summed E-state index contributed by atoms with van der Waals surface area (Å²) in [6, 6.07) is 0. The average Bonchev–Trinajstić information content (AvgIpc) is 2.75. The number of carbonyl (C=O) groups is 1. The molecule has 3 nitrogen and oxygen atoms in total. The highest BCUT2D eigenvalue weighted by atomic mass is 16.1. The molecule has 1 heterocycles. The van der Waals surface area contributed by atoms with Gasteiger partial charge in [-0.2, -0.15) is 5.10 Å². The highest BCUT2D eigenvalue weighted by Gasteiger charge is 2.32. The standard InChI is InChI=1S/C11H16N2O/c1-3-13-7-9(6-12-13)10-4-5-11(14)8(10)2/h6-8,10H,3-5H2,1-2H3. The van der Waals surface area contributed by atoms with Gasteiger partial charge in [0.05, 0.1) is 6.20 Å². The third-order valence-corrected chi connectivity index (χ3v) is 3.22. The van der Waals surface area contributed by atoms with E-state index in [-0.39, 0.29) is 5.92 Å². The summed E-state index contributed by atoms with van der Waals surface area (Å²) in [5.41, 5.74) is 1.23. The molecule has 1 aromatic rings. The minimum atomic E-state index is 0.185. The van der Waals surface area contributed by atoms with Crippen LogP contribution in [0, 0.1) is 5.92 Å². The first-order valence-corrected chi connectivity index (χ1v) is 5.27. The van der Waals surface area contributed by atoms with Gasteiger partial charge in [-0.15, -0.1) is 0 Å². The molecule has 2 atom stereocenters. The number of hydrogen-bond acceptors (Lipinski definition) is 2. The molecule has 76 valence electrons. The molecule has 1 aliphatic carbocycles. The molecule has 0 amide bonds. The van der Waals surface area contributed by atoms with Gasteiger partial charge in [0.15, 0.2) is 0 Å². The molecule has 0 aliphatic heterocycles. The van der Waals surface area contributed by atoms with E-state index in [4.69, 9.17) is 0 Å². The Morgan fingerprint density at radius 2 is 2.43 bits per heavy atom. The maximum Gasteiger partial charge on any atom is 0.136 e. The molecular weight excluding hydrogens is 176 g/mol. The van der Waals surface area contributed by atoms with E-state index in [0.717, 1.165) is 19.4 Å². The Balaban J connectivity index is 2.19. The van der Waals surface area contributed by atoms with Crippen molar-refractivity contribution in [3.63, 3.8) is 0 Å². The summed E-state index contributed by atoms with van der Waals surface area (Å²) < 4.78 is 1.92. The number of aryl methyl sites for hydroxylation is 1. The molecule has 0 bridgehead atoms. The second-order valence-corrected chi connectivity index (χ2v) is 4.03. The second-order valence-electron chi connectivity index (χ2n) is 4.03. The predicted octanol–water partition coefficient (Wildman–Crippen LogP) is 1.99. The molecule has 14 heavy (non-hydrogen) atoms. The molecule has 2 rings (SSSR count). The first-order valence-electron chi connectivity index (χ1n) is 5.27. The largest absolute Gasteiger partial charge is 0.299 e. The predicted molar refractivity (Wildman–Crippen MR) is 54.0 cm³/mol. The molecule has 0 spiro atoms. The van der Waals surface area contributed by atoms with Gasteiger partial charge in [-0.3, -0.25) is 9.48 Å². The van der Waals surface area contributed by atoms with E-state index < -0.39 is 0 Å². The number of carbonyl (C=O) groups excluding carboxylic acids is 1. The lowest BCUT2D eigenvalue weighted by Crippen LogP contribution is -2.08. The van der Waals surface area contributed by atoms with E-state index in [2.05, 4.69) is 18.2 Å². The van der Waals surface area contributed by atoms with Crippen LogP contribution in [-0.4, -0.2) is 15.6 Å². The van der Waals surface area contributed by atoms with Gasteiger partial charge in [0.25, 0.3) is 0 Å². The Bertz CT molecular complexity index is 343. The van der Waals surface area contributed by atoms with Crippen LogP contribution in [-0.2, 0) is 11.3 Å². The third kappa shape index (κ3) is 1.47. The Kier molecular flexibility index (Phi) is 2.40. The van der Waals surface area contributed by atoms with E-state index in [1.807, 2.05) is 17.8 Å². The van der Waals surface area contributed by atoms with Crippen LogP contribution in [0.3, 0.4) is 0 Å². The lowest BCUT2D eigenvalue weighted by Gasteiger charge is -2.10. The van der Waals surface area contributed by atoms with Crippen molar-refractivity contribution in [2.24, 2.45) is 5.92 Å². The highest BCUT2D eigenvalue weighted by Crippen LogP contribution is 2.36. The number of ketones is 1. The van der Waals surface area contributed by atoms with Gasteiger partial charge in [-0.05, 0) is 24.8 Å². The average molecular weight is 192 g/mol. The van der Waals surface area contributed by atoms with Gasteiger partial charge < -0.3 is 0 Å². The van der Waals surface area contributed by atoms with Crippen molar-refractivity contribution in [1.82, 2.24) is 9.78 Å². The maximum absolute atomic E-state index is 11.4. The van der Waals surface area contributed by atoms with E-state index in [1.54, 1.807) is 0 Å². The van der Waals surface area contributed by atoms with E-state index in [9.17, 15) is 4.79 Å². The SMILES string of the molecule is CCn1cc(C2CCC(=O)C2C)cn1. The summed E-state index contributed by atoms with van der Waals surface area (Å²) in [4.78, 5) is 11.4. The van der Waals surface area contributed by atoms with Gasteiger partial charge in [-0.1, -0.05) is 6.92 Å². The van der Waals surface area contributed by atoms with Crippen molar-refractivity contribution in [1.29, 1.82) is 0 Å². The van der Waals surface area contributed by atoms with E-state index in [0.29, 0.717) is 11.7 Å². The maximum atomic E-state index is 11.4. The number of rotatable bonds is 2. The number of Topliss-reactive ketones (excluding diaryl/α,β-unsaturated/α-hetero) is 1. The first kappa shape index (κ1) is 9.44. The molecule has 1 fully saturated rings. The Labute approximate surface area is 84.1 Å². The molecule has 1 saturated carbocycles. The summed E-state index contributed by atoms with van der Waals surface area (Å²) in [6.07, 6.45) is 5.71. The molecule has 0 saturated heterocycles. The fourth-order valence-electron chi connectivity index (χ4n) is 2.20. The van der Waals surface area contributed by atoms with Gasteiger partial charge >= 0.3 is 0 Å². The molecule has 2 unspecified atom stereocenters. The molecule has 0 aromatic carbocycles. The van der Waals surface area contributed by atoms with Crippen LogP contribution in [0.1, 0.15) is 38.2 Å². The fourth-order valence-corrected chi connectivity index (χ4v) is 2.20. The monoisotopic (exact) mass is 192 g/mol. The van der Waals surface area contributed by atoms with Crippen molar-refractivity contribution < 1.29 is 4.79 Å². The molecular formula is C11H16N2O. The van der Waals surface area contributed by atoms with Crippen LogP contribution < -0.4 is 0 Å². The molecule has 3 heteroatoms. The summed E-state index contributed by atoms with van der Waals surface area (Å²) in [6.45, 7) is 5.00. The van der Waals surface area contributed by atoms with E-state index in [1.165, 1.54) is 5.56 Å². The Hall–Kier alpha value is -1.12. The molecule has 1 aromatic heterocycles. The van der Waals surface area contributed by atoms with Crippen molar-refractivity contribution >= 4 is 5.78 Å². The lowest BCUT2D eigenvalue weighted by atomic mass is 9.92. The topological polar surface area (TPSA) is 34.9 Å². The fraction of sp³-hybridized carbons (Fsp3) is 0.636. The molecule has 1 aliphatic rings. The minimum absolute atomic E-state index is 0.185. The van der Waals surface area contributed by atoms with Crippen LogP contribution in [0.4, 0.5) is 0 Å². The zero-order valence-corrected chi connectivity index (χ0v) is 8.73. The Morgan fingerprint density at radius 3 is 2.93 bits per heavy atom. The zero-order valence-electron chi connectivity index (χ0n) is 8.73. The van der Waals surface area contributed by atoms with Gasteiger partial charge in [0.2, 0.25) is 0 Å². The smallest absolute Gasteiger partial charge is 0.136 e. The van der Waals surface area contributed by atoms with Crippen molar-refractivity contribution in [3.8, 4) is 0 Å². The van der Waals surface area contributed by atoms with Gasteiger partial charge in [-0.25, -0.2) is 0 Å².